The minimum absolute atomic E-state index is 0.782. The van der Waals surface area contributed by atoms with Gasteiger partial charge in [-0.3, -0.25) is 0 Å². The molecule has 2 rings (SSSR count). The topological polar surface area (TPSA) is 9.23 Å². The fourth-order valence-electron chi connectivity index (χ4n) is 2.44. The Hall–Kier alpha value is -1.76. The minimum atomic E-state index is 0.782. The lowest BCUT2D eigenvalue weighted by molar-refractivity contribution is 0.311. The zero-order chi connectivity index (χ0) is 14.8. The van der Waals surface area contributed by atoms with Crippen LogP contribution in [0.25, 0.3) is 0 Å². The van der Waals surface area contributed by atoms with Crippen molar-refractivity contribution in [3.63, 3.8) is 0 Å². The summed E-state index contributed by atoms with van der Waals surface area (Å²) in [6.45, 7) is 3.02. The second-order valence-electron chi connectivity index (χ2n) is 5.54. The highest BCUT2D eigenvalue weighted by Gasteiger charge is 1.97. The molecule has 0 saturated heterocycles. The molecule has 0 aliphatic heterocycles. The zero-order valence-electron chi connectivity index (χ0n) is 13.1. The van der Waals surface area contributed by atoms with E-state index in [2.05, 4.69) is 61.5 Å². The average Bonchev–Trinajstić information content (AvgIpc) is 2.54. The van der Waals surface area contributed by atoms with Crippen LogP contribution in [0.5, 0.6) is 5.75 Å². The van der Waals surface area contributed by atoms with E-state index >= 15 is 0 Å². The first-order valence-electron chi connectivity index (χ1n) is 8.14. The predicted molar refractivity (Wildman–Crippen MR) is 89.9 cm³/mol. The molecule has 2 aromatic carbocycles. The number of hydrogen-bond donors (Lipinski definition) is 0. The van der Waals surface area contributed by atoms with E-state index in [1.807, 2.05) is 0 Å². The average molecular weight is 282 g/mol. The Labute approximate surface area is 129 Å². The molecule has 1 nitrogen and oxygen atoms in total. The molecular formula is C20H26O. The molecular weight excluding hydrogens is 256 g/mol. The van der Waals surface area contributed by atoms with Crippen molar-refractivity contribution in [1.82, 2.24) is 0 Å². The van der Waals surface area contributed by atoms with Gasteiger partial charge in [-0.2, -0.15) is 0 Å². The van der Waals surface area contributed by atoms with Crippen LogP contribution in [-0.2, 0) is 12.8 Å². The molecule has 1 heteroatoms. The molecule has 0 aliphatic rings. The van der Waals surface area contributed by atoms with E-state index in [-0.39, 0.29) is 0 Å². The molecule has 0 heterocycles. The molecule has 0 fully saturated rings. The Balaban J connectivity index is 1.66. The number of unbranched alkanes of at least 4 members (excludes halogenated alkanes) is 2. The van der Waals surface area contributed by atoms with Crippen LogP contribution in [0.3, 0.4) is 0 Å². The summed E-state index contributed by atoms with van der Waals surface area (Å²) in [5.41, 5.74) is 2.80. The van der Waals surface area contributed by atoms with Crippen molar-refractivity contribution in [2.75, 3.05) is 6.61 Å². The summed E-state index contributed by atoms with van der Waals surface area (Å²) in [5.74, 6) is 0.988. The Kier molecular flexibility index (Phi) is 6.87. The van der Waals surface area contributed by atoms with Crippen molar-refractivity contribution in [3.05, 3.63) is 65.7 Å². The van der Waals surface area contributed by atoms with Crippen LogP contribution < -0.4 is 4.74 Å². The quantitative estimate of drug-likeness (QED) is 0.557. The zero-order valence-corrected chi connectivity index (χ0v) is 13.1. The number of aryl methyl sites for hydroxylation is 2. The monoisotopic (exact) mass is 282 g/mol. The molecule has 0 unspecified atom stereocenters. The highest BCUT2D eigenvalue weighted by Crippen LogP contribution is 2.15. The highest BCUT2D eigenvalue weighted by molar-refractivity contribution is 5.27. The van der Waals surface area contributed by atoms with Crippen LogP contribution in [0.1, 0.15) is 43.7 Å². The SMILES string of the molecule is CCCCCc1ccc(OCCCc2ccccc2)cc1. The van der Waals surface area contributed by atoms with Gasteiger partial charge in [0.05, 0.1) is 6.61 Å². The molecule has 0 atom stereocenters. The summed E-state index contributed by atoms with van der Waals surface area (Å²) in [6.07, 6.45) is 7.20. The summed E-state index contributed by atoms with van der Waals surface area (Å²) < 4.78 is 5.81. The standard InChI is InChI=1S/C20H26O/c1-2-3-5-9-19-13-15-20(16-14-19)21-17-8-12-18-10-6-4-7-11-18/h4,6-7,10-11,13-16H,2-3,5,8-9,12,17H2,1H3. The molecule has 0 spiro atoms. The molecule has 2 aromatic rings. The van der Waals surface area contributed by atoms with Gasteiger partial charge in [0, 0.05) is 0 Å². The lowest BCUT2D eigenvalue weighted by Crippen LogP contribution is -1.99. The first-order valence-corrected chi connectivity index (χ1v) is 8.14. The van der Waals surface area contributed by atoms with Gasteiger partial charge in [-0.25, -0.2) is 0 Å². The Morgan fingerprint density at radius 1 is 0.714 bits per heavy atom. The van der Waals surface area contributed by atoms with Crippen LogP contribution in [0, 0.1) is 0 Å². The van der Waals surface area contributed by atoms with Gasteiger partial charge in [0.2, 0.25) is 0 Å². The smallest absolute Gasteiger partial charge is 0.119 e. The summed E-state index contributed by atoms with van der Waals surface area (Å²) in [6, 6.07) is 19.2. The minimum Gasteiger partial charge on any atom is -0.494 e. The lowest BCUT2D eigenvalue weighted by atomic mass is 10.1. The van der Waals surface area contributed by atoms with Crippen molar-refractivity contribution < 1.29 is 4.74 Å². The maximum atomic E-state index is 5.81. The molecule has 0 saturated carbocycles. The summed E-state index contributed by atoms with van der Waals surface area (Å²) in [4.78, 5) is 0. The van der Waals surface area contributed by atoms with Crippen LogP contribution in [0.2, 0.25) is 0 Å². The van der Waals surface area contributed by atoms with E-state index in [9.17, 15) is 0 Å². The molecule has 0 amide bonds. The first kappa shape index (κ1) is 15.6. The van der Waals surface area contributed by atoms with Crippen molar-refractivity contribution in [2.24, 2.45) is 0 Å². The Morgan fingerprint density at radius 3 is 2.10 bits per heavy atom. The van der Waals surface area contributed by atoms with Gasteiger partial charge in [0.15, 0.2) is 0 Å². The summed E-state index contributed by atoms with van der Waals surface area (Å²) in [5, 5.41) is 0. The van der Waals surface area contributed by atoms with E-state index in [1.54, 1.807) is 0 Å². The number of hydrogen-bond acceptors (Lipinski definition) is 1. The molecule has 0 aliphatic carbocycles. The fourth-order valence-corrected chi connectivity index (χ4v) is 2.44. The molecule has 0 bridgehead atoms. The largest absolute Gasteiger partial charge is 0.494 e. The fraction of sp³-hybridized carbons (Fsp3) is 0.400. The van der Waals surface area contributed by atoms with Gasteiger partial charge in [-0.1, -0.05) is 62.2 Å². The van der Waals surface area contributed by atoms with Gasteiger partial charge < -0.3 is 4.74 Å². The summed E-state index contributed by atoms with van der Waals surface area (Å²) >= 11 is 0. The maximum absolute atomic E-state index is 5.81. The van der Waals surface area contributed by atoms with Gasteiger partial charge in [-0.05, 0) is 48.9 Å². The van der Waals surface area contributed by atoms with Crippen molar-refractivity contribution in [2.45, 2.75) is 45.4 Å². The lowest BCUT2D eigenvalue weighted by Gasteiger charge is -2.07. The van der Waals surface area contributed by atoms with Gasteiger partial charge >= 0.3 is 0 Å². The van der Waals surface area contributed by atoms with E-state index in [0.29, 0.717) is 0 Å². The van der Waals surface area contributed by atoms with Crippen LogP contribution in [-0.4, -0.2) is 6.61 Å². The van der Waals surface area contributed by atoms with Crippen LogP contribution in [0.4, 0.5) is 0 Å². The molecule has 0 radical (unpaired) electrons. The third-order valence-electron chi connectivity index (χ3n) is 3.71. The molecule has 112 valence electrons. The van der Waals surface area contributed by atoms with Gasteiger partial charge in [0.1, 0.15) is 5.75 Å². The summed E-state index contributed by atoms with van der Waals surface area (Å²) in [7, 11) is 0. The third-order valence-corrected chi connectivity index (χ3v) is 3.71. The second kappa shape index (κ2) is 9.23. The van der Waals surface area contributed by atoms with Gasteiger partial charge in [0.25, 0.3) is 0 Å². The highest BCUT2D eigenvalue weighted by atomic mass is 16.5. The Bertz CT molecular complexity index is 487. The number of ether oxygens (including phenoxy) is 1. The maximum Gasteiger partial charge on any atom is 0.119 e. The second-order valence-corrected chi connectivity index (χ2v) is 5.54. The number of rotatable bonds is 9. The van der Waals surface area contributed by atoms with E-state index in [4.69, 9.17) is 4.74 Å². The van der Waals surface area contributed by atoms with Crippen LogP contribution in [0.15, 0.2) is 54.6 Å². The van der Waals surface area contributed by atoms with Gasteiger partial charge in [-0.15, -0.1) is 0 Å². The molecule has 21 heavy (non-hydrogen) atoms. The molecule has 0 aromatic heterocycles. The third kappa shape index (κ3) is 6.03. The van der Waals surface area contributed by atoms with Crippen molar-refractivity contribution >= 4 is 0 Å². The predicted octanol–water partition coefficient (Wildman–Crippen LogP) is 5.43. The Morgan fingerprint density at radius 2 is 1.38 bits per heavy atom. The van der Waals surface area contributed by atoms with Crippen LogP contribution >= 0.6 is 0 Å². The first-order chi connectivity index (χ1) is 10.4. The van der Waals surface area contributed by atoms with E-state index in [0.717, 1.165) is 25.2 Å². The van der Waals surface area contributed by atoms with E-state index < -0.39 is 0 Å². The van der Waals surface area contributed by atoms with Crippen molar-refractivity contribution in [1.29, 1.82) is 0 Å². The normalized spacial score (nSPS) is 10.5. The van der Waals surface area contributed by atoms with E-state index in [1.165, 1.54) is 36.8 Å². The number of benzene rings is 2. The van der Waals surface area contributed by atoms with Crippen molar-refractivity contribution in [3.8, 4) is 5.75 Å². The molecule has 0 N–H and O–H groups in total.